The van der Waals surface area contributed by atoms with Gasteiger partial charge in [-0.05, 0) is 55.3 Å². The Morgan fingerprint density at radius 3 is 2.61 bits per heavy atom. The molecule has 0 saturated carbocycles. The monoisotopic (exact) mass is 414 g/mol. The van der Waals surface area contributed by atoms with E-state index in [2.05, 4.69) is 26.9 Å². The second-order valence-electron chi connectivity index (χ2n) is 7.38. The molecule has 2 aromatic carbocycles. The van der Waals surface area contributed by atoms with Gasteiger partial charge in [-0.1, -0.05) is 37.3 Å². The minimum absolute atomic E-state index is 0.138. The summed E-state index contributed by atoms with van der Waals surface area (Å²) in [6.45, 7) is 4.95. The Morgan fingerprint density at radius 1 is 1.10 bits per heavy atom. The van der Waals surface area contributed by atoms with E-state index in [0.717, 1.165) is 35.1 Å². The van der Waals surface area contributed by atoms with Gasteiger partial charge in [0.15, 0.2) is 0 Å². The number of fused-ring (bicyclic) bond motifs is 1. The zero-order valence-electron chi connectivity index (χ0n) is 17.7. The molecule has 0 spiro atoms. The Kier molecular flexibility index (Phi) is 6.17. The van der Waals surface area contributed by atoms with Gasteiger partial charge in [-0.2, -0.15) is 0 Å². The first-order valence-corrected chi connectivity index (χ1v) is 10.5. The summed E-state index contributed by atoms with van der Waals surface area (Å²) in [4.78, 5) is 16.5. The molecule has 0 saturated heterocycles. The highest BCUT2D eigenvalue weighted by Gasteiger charge is 2.14. The molecule has 4 rings (SSSR count). The molecule has 0 radical (unpaired) electrons. The van der Waals surface area contributed by atoms with E-state index >= 15 is 0 Å². The van der Waals surface area contributed by atoms with Crippen molar-refractivity contribution in [2.24, 2.45) is 0 Å². The predicted octanol–water partition coefficient (Wildman–Crippen LogP) is 5.57. The maximum atomic E-state index is 12.4. The first-order valence-electron chi connectivity index (χ1n) is 10.5. The largest absolute Gasteiger partial charge is 0.413 e. The topological polar surface area (TPSA) is 59.4 Å². The van der Waals surface area contributed by atoms with Crippen LogP contribution in [0.4, 0.5) is 10.5 Å². The molecular weight excluding hydrogens is 388 g/mol. The maximum absolute atomic E-state index is 12.4. The van der Waals surface area contributed by atoms with Crippen LogP contribution in [-0.4, -0.2) is 22.3 Å². The van der Waals surface area contributed by atoms with E-state index in [4.69, 9.17) is 4.74 Å². The minimum atomic E-state index is -0.473. The number of aromatic nitrogens is 2. The Morgan fingerprint density at radius 2 is 1.87 bits per heavy atom. The summed E-state index contributed by atoms with van der Waals surface area (Å²) >= 11 is 0. The predicted molar refractivity (Wildman–Crippen MR) is 123 cm³/mol. The number of nitrogens with zero attached hydrogens (tertiary/aromatic N) is 3. The molecule has 1 atom stereocenters. The summed E-state index contributed by atoms with van der Waals surface area (Å²) < 4.78 is 7.66. The van der Waals surface area contributed by atoms with Crippen molar-refractivity contribution in [1.82, 2.24) is 15.0 Å². The van der Waals surface area contributed by atoms with Crippen molar-refractivity contribution in [3.63, 3.8) is 0 Å². The fraction of sp³-hybridized carbons (Fsp3) is 0.200. The second kappa shape index (κ2) is 9.34. The number of hydrogen-bond acceptors (Lipinski definition) is 4. The van der Waals surface area contributed by atoms with Gasteiger partial charge >= 0.3 is 6.09 Å². The number of nitrogens with one attached hydrogen (secondary N) is 1. The fourth-order valence-electron chi connectivity index (χ4n) is 3.61. The average Bonchev–Trinajstić information content (AvgIpc) is 3.21. The van der Waals surface area contributed by atoms with Crippen LogP contribution in [0.25, 0.3) is 10.9 Å². The van der Waals surface area contributed by atoms with Gasteiger partial charge in [-0.3, -0.25) is 14.7 Å². The summed E-state index contributed by atoms with van der Waals surface area (Å²) in [5.41, 5.74) is 3.14. The molecule has 31 heavy (non-hydrogen) atoms. The SMILES string of the molecule is CCCN(c1ccncc1)n1ccc2cc(OC(=O)NC(C)c3ccccc3)ccc21. The number of amides is 1. The van der Waals surface area contributed by atoms with Crippen molar-refractivity contribution in [3.05, 3.63) is 90.9 Å². The van der Waals surface area contributed by atoms with Gasteiger partial charge in [0.2, 0.25) is 0 Å². The molecule has 1 unspecified atom stereocenters. The van der Waals surface area contributed by atoms with Crippen molar-refractivity contribution < 1.29 is 9.53 Å². The standard InChI is InChI=1S/C25H26N4O2/c1-3-16-28(22-11-14-26-15-12-22)29-17-13-21-18-23(9-10-24(21)29)31-25(30)27-19(2)20-7-5-4-6-8-20/h4-15,17-19H,3,16H2,1-2H3,(H,27,30). The Labute approximate surface area is 182 Å². The van der Waals surface area contributed by atoms with Crippen LogP contribution in [-0.2, 0) is 0 Å². The third-order valence-corrected chi connectivity index (χ3v) is 5.14. The summed E-state index contributed by atoms with van der Waals surface area (Å²) in [5, 5.41) is 6.08. The normalized spacial score (nSPS) is 11.8. The van der Waals surface area contributed by atoms with Crippen LogP contribution in [0.3, 0.4) is 0 Å². The molecule has 1 N–H and O–H groups in total. The van der Waals surface area contributed by atoms with E-state index < -0.39 is 6.09 Å². The van der Waals surface area contributed by atoms with Crippen LogP contribution in [0.5, 0.6) is 5.75 Å². The third-order valence-electron chi connectivity index (χ3n) is 5.14. The van der Waals surface area contributed by atoms with Crippen molar-refractivity contribution in [2.75, 3.05) is 11.6 Å². The van der Waals surface area contributed by atoms with Gasteiger partial charge in [0, 0.05) is 30.5 Å². The zero-order chi connectivity index (χ0) is 21.6. The molecule has 0 aliphatic heterocycles. The van der Waals surface area contributed by atoms with Gasteiger partial charge < -0.3 is 10.1 Å². The van der Waals surface area contributed by atoms with Crippen LogP contribution < -0.4 is 15.1 Å². The van der Waals surface area contributed by atoms with Gasteiger partial charge in [0.1, 0.15) is 5.75 Å². The highest BCUT2D eigenvalue weighted by Crippen LogP contribution is 2.25. The van der Waals surface area contributed by atoms with Crippen molar-refractivity contribution in [2.45, 2.75) is 26.3 Å². The maximum Gasteiger partial charge on any atom is 0.413 e. The van der Waals surface area contributed by atoms with E-state index in [9.17, 15) is 4.79 Å². The number of hydrogen-bond donors (Lipinski definition) is 1. The van der Waals surface area contributed by atoms with Crippen molar-refractivity contribution in [1.29, 1.82) is 0 Å². The van der Waals surface area contributed by atoms with Crippen LogP contribution in [0, 0.1) is 0 Å². The third kappa shape index (κ3) is 4.69. The van der Waals surface area contributed by atoms with E-state index in [1.807, 2.05) is 79.9 Å². The van der Waals surface area contributed by atoms with Crippen LogP contribution >= 0.6 is 0 Å². The lowest BCUT2D eigenvalue weighted by molar-refractivity contribution is 0.197. The lowest BCUT2D eigenvalue weighted by atomic mass is 10.1. The van der Waals surface area contributed by atoms with Gasteiger partial charge in [0.25, 0.3) is 0 Å². The van der Waals surface area contributed by atoms with Crippen molar-refractivity contribution in [3.8, 4) is 5.75 Å². The number of ether oxygens (including phenoxy) is 1. The Bertz CT molecular complexity index is 1140. The van der Waals surface area contributed by atoms with Crippen LogP contribution in [0.1, 0.15) is 31.9 Å². The summed E-state index contributed by atoms with van der Waals surface area (Å²) in [7, 11) is 0. The van der Waals surface area contributed by atoms with E-state index in [-0.39, 0.29) is 6.04 Å². The average molecular weight is 415 g/mol. The Hall–Kier alpha value is -3.80. The zero-order valence-corrected chi connectivity index (χ0v) is 17.7. The molecule has 4 aromatic rings. The van der Waals surface area contributed by atoms with E-state index in [1.165, 1.54) is 0 Å². The number of carbonyl (C=O) groups is 1. The van der Waals surface area contributed by atoms with Crippen LogP contribution in [0.15, 0.2) is 85.3 Å². The van der Waals surface area contributed by atoms with Crippen LogP contribution in [0.2, 0.25) is 0 Å². The number of carbonyl (C=O) groups excluding carboxylic acids is 1. The molecule has 0 fully saturated rings. The van der Waals surface area contributed by atoms with E-state index in [0.29, 0.717) is 5.75 Å². The second-order valence-corrected chi connectivity index (χ2v) is 7.38. The quantitative estimate of drug-likeness (QED) is 0.430. The molecule has 2 aromatic heterocycles. The minimum Gasteiger partial charge on any atom is -0.410 e. The summed E-state index contributed by atoms with van der Waals surface area (Å²) in [6, 6.07) is 21.4. The molecule has 6 heteroatoms. The molecular formula is C25H26N4O2. The van der Waals surface area contributed by atoms with E-state index in [1.54, 1.807) is 12.4 Å². The molecule has 158 valence electrons. The molecule has 0 aliphatic carbocycles. The van der Waals surface area contributed by atoms with Crippen molar-refractivity contribution >= 4 is 22.7 Å². The lowest BCUT2D eigenvalue weighted by Gasteiger charge is -2.26. The highest BCUT2D eigenvalue weighted by molar-refractivity contribution is 5.83. The lowest BCUT2D eigenvalue weighted by Crippen LogP contribution is -2.30. The number of anilines is 1. The number of rotatable bonds is 7. The summed E-state index contributed by atoms with van der Waals surface area (Å²) in [6.07, 6.45) is 6.15. The first kappa shape index (κ1) is 20.5. The number of pyridine rings is 1. The highest BCUT2D eigenvalue weighted by atomic mass is 16.6. The molecule has 0 bridgehead atoms. The summed E-state index contributed by atoms with van der Waals surface area (Å²) in [5.74, 6) is 0.508. The fourth-order valence-corrected chi connectivity index (χ4v) is 3.61. The molecule has 0 aliphatic rings. The van der Waals surface area contributed by atoms with Gasteiger partial charge in [-0.15, -0.1) is 0 Å². The molecule has 6 nitrogen and oxygen atoms in total. The van der Waals surface area contributed by atoms with Gasteiger partial charge in [0.05, 0.1) is 17.2 Å². The van der Waals surface area contributed by atoms with Gasteiger partial charge in [-0.25, -0.2) is 4.79 Å². The molecule has 2 heterocycles. The molecule has 1 amide bonds. The smallest absolute Gasteiger partial charge is 0.410 e. The Balaban J connectivity index is 1.51. The number of benzene rings is 2. The first-order chi connectivity index (χ1) is 15.2.